The molecule has 214 valence electrons. The number of hydrogen-bond donors (Lipinski definition) is 4. The summed E-state index contributed by atoms with van der Waals surface area (Å²) in [4.78, 5) is 29.7. The van der Waals surface area contributed by atoms with Crippen LogP contribution in [0.3, 0.4) is 0 Å². The number of nitrogens with zero attached hydrogens (tertiary/aromatic N) is 5. The second-order valence-corrected chi connectivity index (χ2v) is 10.1. The Morgan fingerprint density at radius 2 is 2.08 bits per heavy atom. The van der Waals surface area contributed by atoms with Gasteiger partial charge in [0.2, 0.25) is 11.9 Å². The quantitative estimate of drug-likeness (QED) is 0.346. The van der Waals surface area contributed by atoms with E-state index >= 15 is 0 Å². The lowest BCUT2D eigenvalue weighted by Crippen LogP contribution is -2.42. The van der Waals surface area contributed by atoms with E-state index in [1.807, 2.05) is 12.1 Å². The summed E-state index contributed by atoms with van der Waals surface area (Å²) in [5, 5.41) is 16.9. The number of benzene rings is 1. The van der Waals surface area contributed by atoms with Crippen LogP contribution in [0.2, 0.25) is 0 Å². The predicted molar refractivity (Wildman–Crippen MR) is 157 cm³/mol. The number of carbonyl (C=O) groups excluding carboxylic acids is 1. The van der Waals surface area contributed by atoms with Crippen molar-refractivity contribution in [3.8, 4) is 5.75 Å². The van der Waals surface area contributed by atoms with E-state index < -0.39 is 5.82 Å². The minimum Gasteiger partial charge on any atom is -0.494 e. The number of nitrogens with one attached hydrogen (secondary N) is 4. The first-order chi connectivity index (χ1) is 19.3. The number of anilines is 4. The third-order valence-corrected chi connectivity index (χ3v) is 7.37. The van der Waals surface area contributed by atoms with E-state index in [9.17, 15) is 9.18 Å². The van der Waals surface area contributed by atoms with Crippen molar-refractivity contribution in [1.82, 2.24) is 20.2 Å². The van der Waals surface area contributed by atoms with Gasteiger partial charge in [-0.05, 0) is 45.0 Å². The lowest BCUT2D eigenvalue weighted by atomic mass is 9.94. The van der Waals surface area contributed by atoms with E-state index in [0.717, 1.165) is 37.8 Å². The van der Waals surface area contributed by atoms with Crippen LogP contribution in [0.25, 0.3) is 5.57 Å². The van der Waals surface area contributed by atoms with Crippen LogP contribution in [0.4, 0.5) is 27.4 Å². The van der Waals surface area contributed by atoms with Crippen LogP contribution in [0, 0.1) is 17.1 Å². The summed E-state index contributed by atoms with van der Waals surface area (Å²) in [6, 6.07) is 4.23. The molecule has 2 aromatic rings. The highest BCUT2D eigenvalue weighted by Gasteiger charge is 2.26. The van der Waals surface area contributed by atoms with Gasteiger partial charge in [-0.25, -0.2) is 14.4 Å². The Morgan fingerprint density at radius 3 is 2.70 bits per heavy atom. The molecule has 0 aliphatic carbocycles. The van der Waals surface area contributed by atoms with Crippen molar-refractivity contribution in [2.45, 2.75) is 38.6 Å². The molecule has 0 radical (unpaired) electrons. The van der Waals surface area contributed by atoms with E-state index in [0.29, 0.717) is 47.4 Å². The highest BCUT2D eigenvalue weighted by atomic mass is 19.1. The minimum absolute atomic E-state index is 0.103. The normalized spacial score (nSPS) is 18.8. The number of hydrogen-bond acceptors (Lipinski definition) is 9. The van der Waals surface area contributed by atoms with Crippen LogP contribution < -0.4 is 25.6 Å². The second-order valence-electron chi connectivity index (χ2n) is 10.1. The Labute approximate surface area is 234 Å². The summed E-state index contributed by atoms with van der Waals surface area (Å²) in [6.07, 6.45) is 6.80. The molecule has 0 spiro atoms. The van der Waals surface area contributed by atoms with Crippen LogP contribution in [0.5, 0.6) is 5.75 Å². The zero-order valence-corrected chi connectivity index (χ0v) is 23.7. The fourth-order valence-electron chi connectivity index (χ4n) is 5.03. The van der Waals surface area contributed by atoms with Crippen LogP contribution >= 0.6 is 0 Å². The maximum absolute atomic E-state index is 14.8. The van der Waals surface area contributed by atoms with E-state index in [4.69, 9.17) is 10.1 Å². The highest BCUT2D eigenvalue weighted by Crippen LogP contribution is 2.39. The maximum Gasteiger partial charge on any atom is 0.228 e. The smallest absolute Gasteiger partial charge is 0.228 e. The van der Waals surface area contributed by atoms with Gasteiger partial charge >= 0.3 is 0 Å². The number of aliphatic imine (C=N–C) groups is 1. The van der Waals surface area contributed by atoms with E-state index in [-0.39, 0.29) is 23.5 Å². The monoisotopic (exact) mass is 551 g/mol. The Kier molecular flexibility index (Phi) is 9.30. The molecule has 4 rings (SSSR count). The van der Waals surface area contributed by atoms with E-state index in [1.54, 1.807) is 27.3 Å². The van der Waals surface area contributed by atoms with Gasteiger partial charge in [-0.1, -0.05) is 6.92 Å². The van der Waals surface area contributed by atoms with Crippen molar-refractivity contribution in [3.05, 3.63) is 36.0 Å². The number of piperidine rings is 1. The first-order valence-corrected chi connectivity index (χ1v) is 13.4. The highest BCUT2D eigenvalue weighted by molar-refractivity contribution is 6.00. The third kappa shape index (κ3) is 6.39. The fraction of sp³-hybridized carbons (Fsp3) is 0.464. The van der Waals surface area contributed by atoms with Crippen LogP contribution in [0.1, 0.15) is 38.3 Å². The number of amides is 1. The largest absolute Gasteiger partial charge is 0.494 e. The Morgan fingerprint density at radius 1 is 1.32 bits per heavy atom. The molecule has 1 aromatic heterocycles. The fourth-order valence-corrected chi connectivity index (χ4v) is 5.03. The average molecular weight is 552 g/mol. The first-order valence-electron chi connectivity index (χ1n) is 13.4. The molecule has 4 N–H and O–H groups in total. The lowest BCUT2D eigenvalue weighted by molar-refractivity contribution is -0.115. The lowest BCUT2D eigenvalue weighted by Gasteiger charge is -2.37. The summed E-state index contributed by atoms with van der Waals surface area (Å²) >= 11 is 0. The van der Waals surface area contributed by atoms with Crippen molar-refractivity contribution < 1.29 is 13.9 Å². The van der Waals surface area contributed by atoms with Gasteiger partial charge in [0.25, 0.3) is 0 Å². The minimum atomic E-state index is -0.571. The molecule has 1 fully saturated rings. The third-order valence-electron chi connectivity index (χ3n) is 7.37. The molecule has 1 amide bonds. The molecule has 2 aliphatic rings. The van der Waals surface area contributed by atoms with E-state index in [1.165, 1.54) is 6.21 Å². The molecular formula is C28H38FN9O2. The van der Waals surface area contributed by atoms with Gasteiger partial charge in [0.1, 0.15) is 17.3 Å². The molecule has 2 aliphatic heterocycles. The molecule has 12 heteroatoms. The van der Waals surface area contributed by atoms with Gasteiger partial charge < -0.3 is 35.9 Å². The summed E-state index contributed by atoms with van der Waals surface area (Å²) in [5.74, 6) is 0.385. The van der Waals surface area contributed by atoms with Gasteiger partial charge in [0.15, 0.2) is 5.82 Å². The van der Waals surface area contributed by atoms with Gasteiger partial charge in [-0.3, -0.25) is 9.79 Å². The molecule has 40 heavy (non-hydrogen) atoms. The number of methoxy groups -OCH3 is 1. The number of allylic oxidation sites excluding steroid dienone is 1. The number of amidine groups is 1. The number of carbonyl (C=O) groups is 1. The van der Waals surface area contributed by atoms with Gasteiger partial charge in [-0.15, -0.1) is 0 Å². The molecule has 0 bridgehead atoms. The molecular weight excluding hydrogens is 513 g/mol. The zero-order chi connectivity index (χ0) is 28.8. The summed E-state index contributed by atoms with van der Waals surface area (Å²) in [6.45, 7) is 3.51. The zero-order valence-electron chi connectivity index (χ0n) is 23.7. The Bertz CT molecular complexity index is 1300. The number of halogens is 1. The van der Waals surface area contributed by atoms with Crippen LogP contribution in [0.15, 0.2) is 29.5 Å². The number of aromatic nitrogens is 2. The standard InChI is InChI=1S/C28H38FN9O2/c1-6-25(39)34-21-12-22(24(40-5)13-23(21)38-9-7-19(8-10-38)37(3)4)35-28-33-16-20(29)26(36-28)18-11-17(14-30)27(31-2)32-15-18/h12-17,19,30H,6-11H2,1-5H3,(H,31,32)(H,34,39)(H,33,35,36). The molecule has 1 aromatic carbocycles. The first kappa shape index (κ1) is 28.9. The molecule has 1 atom stereocenters. The van der Waals surface area contributed by atoms with Crippen LogP contribution in [-0.2, 0) is 4.79 Å². The van der Waals surface area contributed by atoms with Gasteiger partial charge in [-0.2, -0.15) is 0 Å². The SMILES string of the molecule is CCC(=O)Nc1cc(Nc2ncc(F)c(C3=CNC(=NC)C(C=N)C3)n2)c(OC)cc1N1CCC(N(C)C)CC1. The Balaban J connectivity index is 1.66. The van der Waals surface area contributed by atoms with Gasteiger partial charge in [0.05, 0.1) is 36.3 Å². The number of rotatable bonds is 9. The molecule has 1 saturated heterocycles. The summed E-state index contributed by atoms with van der Waals surface area (Å²) < 4.78 is 20.6. The van der Waals surface area contributed by atoms with Crippen molar-refractivity contribution in [2.24, 2.45) is 10.9 Å². The predicted octanol–water partition coefficient (Wildman–Crippen LogP) is 3.88. The summed E-state index contributed by atoms with van der Waals surface area (Å²) in [7, 11) is 7.42. The molecule has 0 saturated carbocycles. The maximum atomic E-state index is 14.8. The summed E-state index contributed by atoms with van der Waals surface area (Å²) in [5.41, 5.74) is 2.80. The Hall–Kier alpha value is -4.06. The molecule has 1 unspecified atom stereocenters. The average Bonchev–Trinajstić information content (AvgIpc) is 2.97. The molecule has 11 nitrogen and oxygen atoms in total. The molecule has 3 heterocycles. The van der Waals surface area contributed by atoms with Crippen molar-refractivity contribution in [2.75, 3.05) is 56.9 Å². The van der Waals surface area contributed by atoms with Crippen LogP contribution in [-0.4, -0.2) is 80.2 Å². The second kappa shape index (κ2) is 12.9. The topological polar surface area (TPSA) is 131 Å². The van der Waals surface area contributed by atoms with Crippen molar-refractivity contribution >= 4 is 46.5 Å². The van der Waals surface area contributed by atoms with E-state index in [2.05, 4.69) is 54.8 Å². The van der Waals surface area contributed by atoms with Crippen molar-refractivity contribution in [1.29, 1.82) is 5.41 Å². The number of ether oxygens (including phenoxy) is 1. The van der Waals surface area contributed by atoms with Gasteiger partial charge in [0, 0.05) is 51.1 Å². The van der Waals surface area contributed by atoms with Crippen molar-refractivity contribution in [3.63, 3.8) is 0 Å².